The van der Waals surface area contributed by atoms with Crippen LogP contribution in [0.15, 0.2) is 52.7 Å². The molecule has 1 atom stereocenters. The lowest BCUT2D eigenvalue weighted by Crippen LogP contribution is -2.33. The predicted octanol–water partition coefficient (Wildman–Crippen LogP) is 3.86. The third-order valence-electron chi connectivity index (χ3n) is 3.25. The van der Waals surface area contributed by atoms with E-state index < -0.39 is 0 Å². The average molecular weight is 285 g/mol. The van der Waals surface area contributed by atoms with Gasteiger partial charge in [0, 0.05) is 10.7 Å². The van der Waals surface area contributed by atoms with Gasteiger partial charge in [-0.05, 0) is 41.8 Å². The van der Waals surface area contributed by atoms with Crippen molar-refractivity contribution < 1.29 is 9.21 Å². The van der Waals surface area contributed by atoms with Gasteiger partial charge in [0.2, 0.25) is 0 Å². The van der Waals surface area contributed by atoms with Gasteiger partial charge in [0.1, 0.15) is 6.26 Å². The molecule has 0 aliphatic carbocycles. The van der Waals surface area contributed by atoms with Crippen molar-refractivity contribution in [3.05, 3.63) is 59.4 Å². The maximum atomic E-state index is 11.9. The molecular formula is C16H15NO2S. The molecule has 0 radical (unpaired) electrons. The molecule has 0 saturated carbocycles. The monoisotopic (exact) mass is 285 g/mol. The minimum Gasteiger partial charge on any atom is -0.472 e. The van der Waals surface area contributed by atoms with Crippen LogP contribution in [0.1, 0.15) is 22.8 Å². The number of nitrogens with one attached hydrogen (secondary N) is 1. The Hall–Kier alpha value is -2.07. The van der Waals surface area contributed by atoms with Crippen molar-refractivity contribution in [3.8, 4) is 0 Å². The van der Waals surface area contributed by atoms with E-state index in [1.54, 1.807) is 17.4 Å². The quantitative estimate of drug-likeness (QED) is 0.791. The van der Waals surface area contributed by atoms with Crippen molar-refractivity contribution in [2.75, 3.05) is 0 Å². The number of rotatable bonds is 4. The summed E-state index contributed by atoms with van der Waals surface area (Å²) in [4.78, 5) is 11.9. The molecule has 2 heterocycles. The van der Waals surface area contributed by atoms with Crippen LogP contribution in [0.5, 0.6) is 0 Å². The summed E-state index contributed by atoms with van der Waals surface area (Å²) in [6, 6.07) is 10.1. The summed E-state index contributed by atoms with van der Waals surface area (Å²) < 4.78 is 6.21. The predicted molar refractivity (Wildman–Crippen MR) is 81.2 cm³/mol. The molecule has 0 unspecified atom stereocenters. The summed E-state index contributed by atoms with van der Waals surface area (Å²) in [6.45, 7) is 2.02. The number of thiophene rings is 1. The van der Waals surface area contributed by atoms with Crippen LogP contribution in [0, 0.1) is 0 Å². The van der Waals surface area contributed by atoms with E-state index >= 15 is 0 Å². The number of hydrogen-bond acceptors (Lipinski definition) is 3. The summed E-state index contributed by atoms with van der Waals surface area (Å²) in [5, 5.41) is 6.44. The van der Waals surface area contributed by atoms with Gasteiger partial charge in [-0.2, -0.15) is 0 Å². The summed E-state index contributed by atoms with van der Waals surface area (Å²) in [6.07, 6.45) is 3.79. The molecule has 0 fully saturated rings. The minimum atomic E-state index is -0.0919. The Kier molecular flexibility index (Phi) is 3.56. The maximum absolute atomic E-state index is 11.9. The third-order valence-corrected chi connectivity index (χ3v) is 4.26. The highest BCUT2D eigenvalue weighted by atomic mass is 32.1. The van der Waals surface area contributed by atoms with Crippen LogP contribution in [0.25, 0.3) is 10.1 Å². The van der Waals surface area contributed by atoms with E-state index in [-0.39, 0.29) is 11.9 Å². The van der Waals surface area contributed by atoms with Gasteiger partial charge >= 0.3 is 0 Å². The molecule has 1 N–H and O–H groups in total. The Morgan fingerprint density at radius 2 is 2.20 bits per heavy atom. The van der Waals surface area contributed by atoms with Crippen LogP contribution in [-0.2, 0) is 6.42 Å². The third kappa shape index (κ3) is 2.60. The van der Waals surface area contributed by atoms with Gasteiger partial charge < -0.3 is 9.73 Å². The van der Waals surface area contributed by atoms with Crippen LogP contribution >= 0.6 is 11.3 Å². The van der Waals surface area contributed by atoms with E-state index in [0.717, 1.165) is 6.42 Å². The van der Waals surface area contributed by atoms with Gasteiger partial charge in [-0.15, -0.1) is 11.3 Å². The van der Waals surface area contributed by atoms with E-state index in [2.05, 4.69) is 22.8 Å². The zero-order chi connectivity index (χ0) is 13.9. The second-order valence-electron chi connectivity index (χ2n) is 4.85. The fraction of sp³-hybridized carbons (Fsp3) is 0.188. The van der Waals surface area contributed by atoms with Crippen molar-refractivity contribution in [2.45, 2.75) is 19.4 Å². The zero-order valence-corrected chi connectivity index (χ0v) is 11.9. The molecule has 1 amide bonds. The van der Waals surface area contributed by atoms with Crippen LogP contribution in [0.2, 0.25) is 0 Å². The van der Waals surface area contributed by atoms with E-state index in [1.165, 1.54) is 28.2 Å². The first-order valence-electron chi connectivity index (χ1n) is 6.52. The van der Waals surface area contributed by atoms with Gasteiger partial charge in [0.05, 0.1) is 11.8 Å². The topological polar surface area (TPSA) is 42.2 Å². The molecule has 0 bridgehead atoms. The Bertz CT molecular complexity index is 715. The number of benzene rings is 1. The number of fused-ring (bicyclic) bond motifs is 1. The summed E-state index contributed by atoms with van der Waals surface area (Å²) >= 11 is 1.74. The van der Waals surface area contributed by atoms with Crippen LogP contribution in [0.3, 0.4) is 0 Å². The molecule has 3 aromatic rings. The van der Waals surface area contributed by atoms with E-state index in [0.29, 0.717) is 5.56 Å². The van der Waals surface area contributed by atoms with Crippen molar-refractivity contribution >= 4 is 27.3 Å². The highest BCUT2D eigenvalue weighted by molar-refractivity contribution is 7.17. The molecule has 3 nitrogen and oxygen atoms in total. The Balaban J connectivity index is 1.70. The molecule has 2 aromatic heterocycles. The zero-order valence-electron chi connectivity index (χ0n) is 11.1. The Morgan fingerprint density at radius 1 is 1.35 bits per heavy atom. The molecule has 3 rings (SSSR count). The molecule has 0 saturated heterocycles. The molecule has 102 valence electrons. The van der Waals surface area contributed by atoms with Gasteiger partial charge in [-0.1, -0.05) is 18.2 Å². The van der Waals surface area contributed by atoms with E-state index in [9.17, 15) is 4.79 Å². The number of furan rings is 1. The first-order chi connectivity index (χ1) is 9.74. The van der Waals surface area contributed by atoms with Gasteiger partial charge in [0.15, 0.2) is 0 Å². The highest BCUT2D eigenvalue weighted by Crippen LogP contribution is 2.26. The van der Waals surface area contributed by atoms with Gasteiger partial charge in [0.25, 0.3) is 5.91 Å². The Labute approximate surface area is 121 Å². The van der Waals surface area contributed by atoms with Crippen LogP contribution < -0.4 is 5.32 Å². The fourth-order valence-electron chi connectivity index (χ4n) is 2.27. The van der Waals surface area contributed by atoms with Crippen molar-refractivity contribution in [1.82, 2.24) is 5.32 Å². The smallest absolute Gasteiger partial charge is 0.254 e. The number of carbonyl (C=O) groups excluding carboxylic acids is 1. The van der Waals surface area contributed by atoms with Gasteiger partial charge in [-0.25, -0.2) is 0 Å². The molecule has 0 aliphatic rings. The lowest BCUT2D eigenvalue weighted by Gasteiger charge is -2.12. The summed E-state index contributed by atoms with van der Waals surface area (Å²) in [5.41, 5.74) is 1.85. The lowest BCUT2D eigenvalue weighted by molar-refractivity contribution is 0.0939. The van der Waals surface area contributed by atoms with E-state index in [4.69, 9.17) is 4.42 Å². The molecule has 20 heavy (non-hydrogen) atoms. The molecule has 4 heteroatoms. The SMILES string of the molecule is C[C@H](Cc1csc2ccccc12)NC(=O)c1ccoc1. The van der Waals surface area contributed by atoms with Crippen molar-refractivity contribution in [2.24, 2.45) is 0 Å². The largest absolute Gasteiger partial charge is 0.472 e. The first-order valence-corrected chi connectivity index (χ1v) is 7.40. The van der Waals surface area contributed by atoms with E-state index in [1.807, 2.05) is 19.1 Å². The molecule has 0 aliphatic heterocycles. The highest BCUT2D eigenvalue weighted by Gasteiger charge is 2.13. The van der Waals surface area contributed by atoms with Gasteiger partial charge in [-0.3, -0.25) is 4.79 Å². The lowest BCUT2D eigenvalue weighted by atomic mass is 10.1. The second kappa shape index (κ2) is 5.51. The number of hydrogen-bond donors (Lipinski definition) is 1. The molecule has 0 spiro atoms. The summed E-state index contributed by atoms with van der Waals surface area (Å²) in [5.74, 6) is -0.0919. The van der Waals surface area contributed by atoms with Crippen molar-refractivity contribution in [3.63, 3.8) is 0 Å². The van der Waals surface area contributed by atoms with Crippen molar-refractivity contribution in [1.29, 1.82) is 0 Å². The second-order valence-corrected chi connectivity index (χ2v) is 5.76. The Morgan fingerprint density at radius 3 is 3.00 bits per heavy atom. The molecule has 1 aromatic carbocycles. The minimum absolute atomic E-state index is 0.0791. The maximum Gasteiger partial charge on any atom is 0.254 e. The molecular weight excluding hydrogens is 270 g/mol. The number of carbonyl (C=O) groups is 1. The fourth-order valence-corrected chi connectivity index (χ4v) is 3.25. The average Bonchev–Trinajstić information content (AvgIpc) is 3.09. The summed E-state index contributed by atoms with van der Waals surface area (Å²) in [7, 11) is 0. The standard InChI is InChI=1S/C16H15NO2S/c1-11(17-16(18)12-6-7-19-9-12)8-13-10-20-15-5-3-2-4-14(13)15/h2-7,9-11H,8H2,1H3,(H,17,18)/t11-/m1/s1. The number of amides is 1. The normalized spacial score (nSPS) is 12.4. The van der Waals surface area contributed by atoms with Crippen LogP contribution in [0.4, 0.5) is 0 Å². The van der Waals surface area contributed by atoms with Crippen LogP contribution in [-0.4, -0.2) is 11.9 Å². The first kappa shape index (κ1) is 12.9.